The minimum Gasteiger partial charge on any atom is -0.369 e. The number of primary amides is 1. The number of nitrogens with two attached hydrogens (primary N) is 1. The predicted molar refractivity (Wildman–Crippen MR) is 72.5 cm³/mol. The molecule has 1 saturated heterocycles. The molecule has 1 heterocycles. The maximum absolute atomic E-state index is 13.2. The molecule has 6 heteroatoms. The second-order valence-electron chi connectivity index (χ2n) is 4.51. The summed E-state index contributed by atoms with van der Waals surface area (Å²) in [5, 5.41) is 8.81. The van der Waals surface area contributed by atoms with Gasteiger partial charge in [-0.25, -0.2) is 4.39 Å². The first-order valence-corrected chi connectivity index (χ1v) is 5.80. The van der Waals surface area contributed by atoms with Gasteiger partial charge in [-0.1, -0.05) is 0 Å². The predicted octanol–water partition coefficient (Wildman–Crippen LogP) is 1.82. The second kappa shape index (κ2) is 5.89. The Morgan fingerprint density at radius 2 is 2.26 bits per heavy atom. The maximum Gasteiger partial charge on any atom is 0.222 e. The van der Waals surface area contributed by atoms with E-state index in [1.807, 2.05) is 17.9 Å². The summed E-state index contributed by atoms with van der Waals surface area (Å²) in [7, 11) is 0. The molecule has 0 radical (unpaired) electrons. The lowest BCUT2D eigenvalue weighted by atomic mass is 10.0. The molecule has 19 heavy (non-hydrogen) atoms. The molecule has 1 amide bonds. The molecule has 1 aromatic rings. The molecule has 1 aliphatic heterocycles. The van der Waals surface area contributed by atoms with Crippen molar-refractivity contribution in [3.05, 3.63) is 29.6 Å². The summed E-state index contributed by atoms with van der Waals surface area (Å²) in [4.78, 5) is 13.2. The Labute approximate surface area is 117 Å². The van der Waals surface area contributed by atoms with Gasteiger partial charge in [0.15, 0.2) is 0 Å². The Morgan fingerprint density at radius 1 is 1.58 bits per heavy atom. The fraction of sp³-hybridized carbons (Fsp3) is 0.385. The molecule has 0 aliphatic carbocycles. The highest BCUT2D eigenvalue weighted by Crippen LogP contribution is 2.30. The van der Waals surface area contributed by atoms with Crippen molar-refractivity contribution in [3.8, 4) is 6.07 Å². The van der Waals surface area contributed by atoms with E-state index in [1.54, 1.807) is 6.07 Å². The monoisotopic (exact) mass is 283 g/mol. The van der Waals surface area contributed by atoms with Crippen LogP contribution in [0.3, 0.4) is 0 Å². The van der Waals surface area contributed by atoms with Crippen molar-refractivity contribution >= 4 is 24.0 Å². The van der Waals surface area contributed by atoms with Crippen molar-refractivity contribution in [1.29, 1.82) is 5.26 Å². The number of hydrogen-bond donors (Lipinski definition) is 1. The highest BCUT2D eigenvalue weighted by molar-refractivity contribution is 5.85. The van der Waals surface area contributed by atoms with Gasteiger partial charge in [0.25, 0.3) is 0 Å². The number of hydrogen-bond acceptors (Lipinski definition) is 3. The van der Waals surface area contributed by atoms with E-state index in [0.717, 1.165) is 5.69 Å². The van der Waals surface area contributed by atoms with E-state index in [-0.39, 0.29) is 35.8 Å². The van der Waals surface area contributed by atoms with E-state index in [2.05, 4.69) is 0 Å². The Morgan fingerprint density at radius 3 is 2.79 bits per heavy atom. The molecule has 0 bridgehead atoms. The third-order valence-corrected chi connectivity index (χ3v) is 3.52. The standard InChI is InChI=1S/C13H14FN3O.ClH/c1-8-11(13(16)18)4-5-17(8)10-2-3-12(14)9(6-10)7-15;/h2-3,6,8,11H,4-5H2,1H3,(H2,16,18);1H/t8-,11?;/m0./s1. The van der Waals surface area contributed by atoms with Crippen LogP contribution in [-0.4, -0.2) is 18.5 Å². The zero-order chi connectivity index (χ0) is 13.3. The Kier molecular flexibility index (Phi) is 4.73. The maximum atomic E-state index is 13.2. The van der Waals surface area contributed by atoms with E-state index in [4.69, 9.17) is 11.0 Å². The van der Waals surface area contributed by atoms with Crippen molar-refractivity contribution in [2.45, 2.75) is 19.4 Å². The molecule has 2 atom stereocenters. The number of nitrogens with zero attached hydrogens (tertiary/aromatic N) is 2. The zero-order valence-corrected chi connectivity index (χ0v) is 11.3. The van der Waals surface area contributed by atoms with Crippen molar-refractivity contribution in [2.75, 3.05) is 11.4 Å². The van der Waals surface area contributed by atoms with Crippen LogP contribution in [0.2, 0.25) is 0 Å². The van der Waals surface area contributed by atoms with Crippen LogP contribution in [0, 0.1) is 23.1 Å². The topological polar surface area (TPSA) is 70.1 Å². The summed E-state index contributed by atoms with van der Waals surface area (Å²) in [6, 6.07) is 6.19. The lowest BCUT2D eigenvalue weighted by Gasteiger charge is -2.25. The van der Waals surface area contributed by atoms with Gasteiger partial charge in [-0.15, -0.1) is 12.4 Å². The molecule has 1 aliphatic rings. The number of rotatable bonds is 2. The Balaban J connectivity index is 0.00000180. The zero-order valence-electron chi connectivity index (χ0n) is 10.5. The number of anilines is 1. The molecule has 1 fully saturated rings. The van der Waals surface area contributed by atoms with Crippen LogP contribution in [0.5, 0.6) is 0 Å². The smallest absolute Gasteiger partial charge is 0.222 e. The SMILES string of the molecule is C[C@H]1C(C(N)=O)CCN1c1ccc(F)c(C#N)c1.Cl. The minimum atomic E-state index is -0.528. The van der Waals surface area contributed by atoms with Gasteiger partial charge in [-0.05, 0) is 31.5 Å². The molecule has 4 nitrogen and oxygen atoms in total. The summed E-state index contributed by atoms with van der Waals surface area (Å²) < 4.78 is 13.2. The number of carbonyl (C=O) groups is 1. The van der Waals surface area contributed by atoms with Crippen molar-refractivity contribution < 1.29 is 9.18 Å². The molecular weight excluding hydrogens is 269 g/mol. The van der Waals surface area contributed by atoms with Gasteiger partial charge < -0.3 is 10.6 Å². The summed E-state index contributed by atoms with van der Waals surface area (Å²) in [5.74, 6) is -1.03. The van der Waals surface area contributed by atoms with Crippen LogP contribution in [-0.2, 0) is 4.79 Å². The van der Waals surface area contributed by atoms with E-state index in [9.17, 15) is 9.18 Å². The molecule has 102 valence electrons. The Hall–Kier alpha value is -1.80. The van der Waals surface area contributed by atoms with Gasteiger partial charge in [0.2, 0.25) is 5.91 Å². The highest BCUT2D eigenvalue weighted by Gasteiger charge is 2.34. The summed E-state index contributed by atoms with van der Waals surface area (Å²) in [5.41, 5.74) is 6.10. The summed E-state index contributed by atoms with van der Waals surface area (Å²) >= 11 is 0. The highest BCUT2D eigenvalue weighted by atomic mass is 35.5. The van der Waals surface area contributed by atoms with Gasteiger partial charge in [0, 0.05) is 18.3 Å². The molecule has 0 spiro atoms. The van der Waals surface area contributed by atoms with Crippen LogP contribution < -0.4 is 10.6 Å². The summed E-state index contributed by atoms with van der Waals surface area (Å²) in [6.07, 6.45) is 0.690. The average molecular weight is 284 g/mol. The second-order valence-corrected chi connectivity index (χ2v) is 4.51. The number of nitriles is 1. The number of carbonyl (C=O) groups excluding carboxylic acids is 1. The third kappa shape index (κ3) is 2.79. The van der Waals surface area contributed by atoms with Crippen molar-refractivity contribution in [2.24, 2.45) is 11.7 Å². The van der Waals surface area contributed by atoms with Crippen LogP contribution in [0.1, 0.15) is 18.9 Å². The third-order valence-electron chi connectivity index (χ3n) is 3.52. The van der Waals surface area contributed by atoms with Crippen molar-refractivity contribution in [3.63, 3.8) is 0 Å². The largest absolute Gasteiger partial charge is 0.369 e. The van der Waals surface area contributed by atoms with Crippen LogP contribution in [0.4, 0.5) is 10.1 Å². The minimum absolute atomic E-state index is 0. The summed E-state index contributed by atoms with van der Waals surface area (Å²) in [6.45, 7) is 2.60. The van der Waals surface area contributed by atoms with Gasteiger partial charge in [0.05, 0.1) is 11.5 Å². The molecule has 1 aromatic carbocycles. The Bertz CT molecular complexity index is 529. The van der Waals surface area contributed by atoms with Crippen LogP contribution >= 0.6 is 12.4 Å². The van der Waals surface area contributed by atoms with Crippen LogP contribution in [0.25, 0.3) is 0 Å². The fourth-order valence-corrected chi connectivity index (χ4v) is 2.46. The first kappa shape index (κ1) is 15.3. The van der Waals surface area contributed by atoms with Gasteiger partial charge in [-0.3, -0.25) is 4.79 Å². The molecule has 0 aromatic heterocycles. The number of benzene rings is 1. The first-order chi connectivity index (χ1) is 8.54. The van der Waals surface area contributed by atoms with Crippen LogP contribution in [0.15, 0.2) is 18.2 Å². The van der Waals surface area contributed by atoms with E-state index >= 15 is 0 Å². The average Bonchev–Trinajstić information content (AvgIpc) is 2.72. The molecule has 0 saturated carbocycles. The van der Waals surface area contributed by atoms with Gasteiger partial charge in [-0.2, -0.15) is 5.26 Å². The van der Waals surface area contributed by atoms with E-state index in [1.165, 1.54) is 12.1 Å². The fourth-order valence-electron chi connectivity index (χ4n) is 2.46. The van der Waals surface area contributed by atoms with Gasteiger partial charge >= 0.3 is 0 Å². The lowest BCUT2D eigenvalue weighted by Crippen LogP contribution is -2.35. The quantitative estimate of drug-likeness (QED) is 0.900. The van der Waals surface area contributed by atoms with Gasteiger partial charge in [0.1, 0.15) is 11.9 Å². The molecular formula is C13H15ClFN3O. The van der Waals surface area contributed by atoms with E-state index < -0.39 is 5.82 Å². The lowest BCUT2D eigenvalue weighted by molar-refractivity contribution is -0.121. The molecule has 2 N–H and O–H groups in total. The molecule has 1 unspecified atom stereocenters. The molecule has 2 rings (SSSR count). The number of amides is 1. The van der Waals surface area contributed by atoms with Crippen molar-refractivity contribution in [1.82, 2.24) is 0 Å². The number of halogens is 2. The normalized spacial score (nSPS) is 21.6. The first-order valence-electron chi connectivity index (χ1n) is 5.80. The van der Waals surface area contributed by atoms with E-state index in [0.29, 0.717) is 13.0 Å².